The van der Waals surface area contributed by atoms with Crippen LogP contribution in [-0.2, 0) is 14.4 Å². The van der Waals surface area contributed by atoms with E-state index in [0.29, 0.717) is 25.8 Å². The number of rotatable bonds is 9. The van der Waals surface area contributed by atoms with Gasteiger partial charge in [-0.2, -0.15) is 0 Å². The molecule has 1 aliphatic heterocycles. The first kappa shape index (κ1) is 17.7. The highest BCUT2D eigenvalue weighted by molar-refractivity contribution is 5.99. The van der Waals surface area contributed by atoms with Gasteiger partial charge in [-0.1, -0.05) is 39.5 Å². The van der Waals surface area contributed by atoms with Crippen LogP contribution in [0.15, 0.2) is 0 Å². The molecule has 0 saturated carbocycles. The van der Waals surface area contributed by atoms with Gasteiger partial charge in [0.1, 0.15) is 6.04 Å². The topological polar surface area (TPSA) is 66.5 Å². The van der Waals surface area contributed by atoms with E-state index in [-0.39, 0.29) is 17.7 Å². The maximum atomic E-state index is 12.1. The van der Waals surface area contributed by atoms with E-state index in [2.05, 4.69) is 12.2 Å². The molecule has 0 spiro atoms. The fourth-order valence-corrected chi connectivity index (χ4v) is 2.72. The predicted molar refractivity (Wildman–Crippen MR) is 81.6 cm³/mol. The summed E-state index contributed by atoms with van der Waals surface area (Å²) in [7, 11) is 0. The van der Waals surface area contributed by atoms with Crippen LogP contribution in [0.5, 0.6) is 0 Å². The van der Waals surface area contributed by atoms with Crippen LogP contribution < -0.4 is 5.32 Å². The van der Waals surface area contributed by atoms with Gasteiger partial charge in [0.25, 0.3) is 0 Å². The van der Waals surface area contributed by atoms with Gasteiger partial charge in [0.15, 0.2) is 0 Å². The van der Waals surface area contributed by atoms with Gasteiger partial charge in [-0.15, -0.1) is 0 Å². The van der Waals surface area contributed by atoms with Crippen molar-refractivity contribution in [1.82, 2.24) is 10.2 Å². The van der Waals surface area contributed by atoms with E-state index in [1.54, 1.807) is 4.90 Å². The molecule has 5 heteroatoms. The van der Waals surface area contributed by atoms with Crippen LogP contribution in [0.2, 0.25) is 0 Å². The molecule has 0 aromatic heterocycles. The van der Waals surface area contributed by atoms with Crippen molar-refractivity contribution in [1.29, 1.82) is 0 Å². The Morgan fingerprint density at radius 1 is 1.19 bits per heavy atom. The zero-order valence-electron chi connectivity index (χ0n) is 13.3. The molecule has 1 fully saturated rings. The molecule has 1 aliphatic rings. The molecular weight excluding hydrogens is 268 g/mol. The number of carbonyl (C=O) groups excluding carboxylic acids is 3. The number of imide groups is 1. The van der Waals surface area contributed by atoms with E-state index >= 15 is 0 Å². The first-order chi connectivity index (χ1) is 10.1. The number of likely N-dealkylation sites (tertiary alicyclic amines) is 1. The average molecular weight is 296 g/mol. The van der Waals surface area contributed by atoms with E-state index in [1.807, 2.05) is 6.92 Å². The van der Waals surface area contributed by atoms with Crippen molar-refractivity contribution in [3.63, 3.8) is 0 Å². The van der Waals surface area contributed by atoms with Crippen LogP contribution in [0.25, 0.3) is 0 Å². The van der Waals surface area contributed by atoms with Gasteiger partial charge >= 0.3 is 0 Å². The summed E-state index contributed by atoms with van der Waals surface area (Å²) in [5.41, 5.74) is 0. The third-order valence-corrected chi connectivity index (χ3v) is 3.95. The lowest BCUT2D eigenvalue weighted by Gasteiger charge is -2.25. The number of amides is 3. The van der Waals surface area contributed by atoms with Crippen LogP contribution in [0.3, 0.4) is 0 Å². The molecule has 0 radical (unpaired) electrons. The summed E-state index contributed by atoms with van der Waals surface area (Å²) in [5, 5.41) is 2.45. The molecule has 0 aromatic rings. The summed E-state index contributed by atoms with van der Waals surface area (Å²) in [4.78, 5) is 37.2. The molecule has 0 bridgehead atoms. The molecule has 0 aromatic carbocycles. The standard InChI is InChI=1S/C16H28N2O3/c1-3-5-6-7-8-10-14(19)17-16(21)13(4-2)18-12-9-11-15(18)20/h13H,3-12H2,1-2H3,(H,17,19,21)/t13-/m0/s1. The van der Waals surface area contributed by atoms with Gasteiger partial charge in [-0.05, 0) is 19.3 Å². The van der Waals surface area contributed by atoms with Crippen molar-refractivity contribution >= 4 is 17.7 Å². The van der Waals surface area contributed by atoms with Crippen molar-refractivity contribution in [3.05, 3.63) is 0 Å². The minimum Gasteiger partial charge on any atom is -0.331 e. The normalized spacial score (nSPS) is 16.1. The highest BCUT2D eigenvalue weighted by atomic mass is 16.2. The second-order valence-electron chi connectivity index (χ2n) is 5.69. The lowest BCUT2D eigenvalue weighted by Crippen LogP contribution is -2.48. The zero-order valence-corrected chi connectivity index (χ0v) is 13.3. The molecular formula is C16H28N2O3. The largest absolute Gasteiger partial charge is 0.331 e. The molecule has 120 valence electrons. The molecule has 0 unspecified atom stereocenters. The summed E-state index contributed by atoms with van der Waals surface area (Å²) >= 11 is 0. The smallest absolute Gasteiger partial charge is 0.249 e. The van der Waals surface area contributed by atoms with Gasteiger partial charge < -0.3 is 4.90 Å². The molecule has 1 N–H and O–H groups in total. The number of carbonyl (C=O) groups is 3. The number of nitrogens with zero attached hydrogens (tertiary/aromatic N) is 1. The SMILES string of the molecule is CCCCCCCC(=O)NC(=O)[C@H](CC)N1CCCC1=O. The molecule has 1 rings (SSSR count). The van der Waals surface area contributed by atoms with Crippen LogP contribution in [0.4, 0.5) is 0 Å². The molecule has 3 amide bonds. The number of hydrogen-bond donors (Lipinski definition) is 1. The van der Waals surface area contributed by atoms with Gasteiger partial charge in [-0.3, -0.25) is 19.7 Å². The van der Waals surface area contributed by atoms with E-state index in [4.69, 9.17) is 0 Å². The number of nitrogens with one attached hydrogen (secondary N) is 1. The van der Waals surface area contributed by atoms with Crippen molar-refractivity contribution in [2.75, 3.05) is 6.54 Å². The maximum absolute atomic E-state index is 12.1. The molecule has 1 saturated heterocycles. The molecule has 1 heterocycles. The van der Waals surface area contributed by atoms with Crippen LogP contribution in [0.1, 0.15) is 71.6 Å². The molecule has 1 atom stereocenters. The zero-order chi connectivity index (χ0) is 15.7. The minimum atomic E-state index is -0.496. The van der Waals surface area contributed by atoms with Gasteiger partial charge in [-0.25, -0.2) is 0 Å². The first-order valence-electron chi connectivity index (χ1n) is 8.23. The van der Waals surface area contributed by atoms with Gasteiger partial charge in [0.05, 0.1) is 0 Å². The van der Waals surface area contributed by atoms with Crippen LogP contribution >= 0.6 is 0 Å². The Bertz CT molecular complexity index is 369. The van der Waals surface area contributed by atoms with Crippen molar-refractivity contribution < 1.29 is 14.4 Å². The van der Waals surface area contributed by atoms with Crippen LogP contribution in [-0.4, -0.2) is 35.2 Å². The molecule has 21 heavy (non-hydrogen) atoms. The third-order valence-electron chi connectivity index (χ3n) is 3.95. The van der Waals surface area contributed by atoms with Gasteiger partial charge in [0, 0.05) is 19.4 Å². The molecule has 0 aliphatic carbocycles. The number of unbranched alkanes of at least 4 members (excludes halogenated alkanes) is 4. The Labute approximate surface area is 127 Å². The summed E-state index contributed by atoms with van der Waals surface area (Å²) in [6.45, 7) is 4.64. The van der Waals surface area contributed by atoms with E-state index in [9.17, 15) is 14.4 Å². The minimum absolute atomic E-state index is 0.0176. The second kappa shape index (κ2) is 9.53. The first-order valence-corrected chi connectivity index (χ1v) is 8.23. The fourth-order valence-electron chi connectivity index (χ4n) is 2.72. The quantitative estimate of drug-likeness (QED) is 0.664. The average Bonchev–Trinajstić information content (AvgIpc) is 2.86. The van der Waals surface area contributed by atoms with Crippen LogP contribution in [0, 0.1) is 0 Å². The Morgan fingerprint density at radius 2 is 1.90 bits per heavy atom. The van der Waals surface area contributed by atoms with E-state index in [1.165, 1.54) is 12.8 Å². The Morgan fingerprint density at radius 3 is 2.48 bits per heavy atom. The van der Waals surface area contributed by atoms with Crippen molar-refractivity contribution in [2.24, 2.45) is 0 Å². The van der Waals surface area contributed by atoms with Crippen molar-refractivity contribution in [3.8, 4) is 0 Å². The lowest BCUT2D eigenvalue weighted by molar-refractivity contribution is -0.140. The van der Waals surface area contributed by atoms with E-state index in [0.717, 1.165) is 25.7 Å². The maximum Gasteiger partial charge on any atom is 0.249 e. The Kier molecular flexibility index (Phi) is 8.01. The highest BCUT2D eigenvalue weighted by Crippen LogP contribution is 2.16. The Balaban J connectivity index is 2.32. The third kappa shape index (κ3) is 5.86. The van der Waals surface area contributed by atoms with Gasteiger partial charge in [0.2, 0.25) is 17.7 Å². The summed E-state index contributed by atoms with van der Waals surface area (Å²) in [6, 6.07) is -0.496. The monoisotopic (exact) mass is 296 g/mol. The predicted octanol–water partition coefficient (Wildman–Crippen LogP) is 2.39. The Hall–Kier alpha value is -1.39. The summed E-state index contributed by atoms with van der Waals surface area (Å²) in [6.07, 6.45) is 7.58. The highest BCUT2D eigenvalue weighted by Gasteiger charge is 2.31. The molecule has 5 nitrogen and oxygen atoms in total. The summed E-state index contributed by atoms with van der Waals surface area (Å²) in [5.74, 6) is -0.531. The fraction of sp³-hybridized carbons (Fsp3) is 0.812. The van der Waals surface area contributed by atoms with Crippen molar-refractivity contribution in [2.45, 2.75) is 77.7 Å². The number of hydrogen-bond acceptors (Lipinski definition) is 3. The lowest BCUT2D eigenvalue weighted by atomic mass is 10.1. The summed E-state index contributed by atoms with van der Waals surface area (Å²) < 4.78 is 0. The second-order valence-corrected chi connectivity index (χ2v) is 5.69. The van der Waals surface area contributed by atoms with E-state index < -0.39 is 6.04 Å².